The molecule has 0 radical (unpaired) electrons. The smallest absolute Gasteiger partial charge is 0.284 e. The van der Waals surface area contributed by atoms with Gasteiger partial charge in [0.1, 0.15) is 11.1 Å². The third kappa shape index (κ3) is 2.97. The summed E-state index contributed by atoms with van der Waals surface area (Å²) in [6, 6.07) is 23.2. The standard InChI is InChI=1S/C28H21N3O2/c1-16(2)17-6-5-7-19(14-17)29-28(33)18-10-11-23-22(15-18)20-12-13-31-24-9-4-3-8-21(24)27(32)26(31)25(20)30-23/h3-16H,1-2H3,(H,29,33)/p+1. The van der Waals surface area contributed by atoms with Crippen LogP contribution < -0.4 is 9.88 Å². The predicted octanol–water partition coefficient (Wildman–Crippen LogP) is 5.52. The van der Waals surface area contributed by atoms with Crippen molar-refractivity contribution in [3.63, 3.8) is 0 Å². The first-order chi connectivity index (χ1) is 16.0. The number of aromatic amines is 1. The van der Waals surface area contributed by atoms with Gasteiger partial charge in [-0.05, 0) is 47.9 Å². The van der Waals surface area contributed by atoms with Crippen molar-refractivity contribution in [1.82, 2.24) is 4.98 Å². The molecule has 1 aliphatic rings. The second-order valence-corrected chi connectivity index (χ2v) is 8.79. The molecule has 1 amide bonds. The number of ketones is 1. The molecule has 0 saturated heterocycles. The van der Waals surface area contributed by atoms with Gasteiger partial charge in [-0.25, -0.2) is 0 Å². The zero-order valence-corrected chi connectivity index (χ0v) is 18.3. The summed E-state index contributed by atoms with van der Waals surface area (Å²) in [5, 5.41) is 4.85. The molecule has 5 heteroatoms. The van der Waals surface area contributed by atoms with E-state index in [9.17, 15) is 9.59 Å². The number of carbonyl (C=O) groups is 2. The summed E-state index contributed by atoms with van der Waals surface area (Å²) in [6.07, 6.45) is 1.93. The number of anilines is 1. The SMILES string of the molecule is CC(C)c1cccc(NC(=O)c2ccc3[nH]c4c5[n+](ccc4c3c2)-c2ccccc2C5=O)c1. The van der Waals surface area contributed by atoms with Gasteiger partial charge in [-0.3, -0.25) is 9.59 Å². The second kappa shape index (κ2) is 7.14. The molecule has 2 N–H and O–H groups in total. The Kier molecular flexibility index (Phi) is 4.20. The van der Waals surface area contributed by atoms with E-state index in [0.29, 0.717) is 22.7 Å². The van der Waals surface area contributed by atoms with E-state index in [2.05, 4.69) is 30.2 Å². The van der Waals surface area contributed by atoms with E-state index in [0.717, 1.165) is 33.2 Å². The normalized spacial score (nSPS) is 12.4. The molecule has 3 aromatic carbocycles. The molecule has 33 heavy (non-hydrogen) atoms. The number of amides is 1. The lowest BCUT2D eigenvalue weighted by atomic mass is 10.0. The van der Waals surface area contributed by atoms with Crippen molar-refractivity contribution >= 4 is 39.2 Å². The van der Waals surface area contributed by atoms with Crippen molar-refractivity contribution in [1.29, 1.82) is 0 Å². The van der Waals surface area contributed by atoms with Gasteiger partial charge in [-0.2, -0.15) is 4.57 Å². The fourth-order valence-electron chi connectivity index (χ4n) is 4.66. The third-order valence-electron chi connectivity index (χ3n) is 6.40. The van der Waals surface area contributed by atoms with Gasteiger partial charge in [0, 0.05) is 39.7 Å². The summed E-state index contributed by atoms with van der Waals surface area (Å²) in [4.78, 5) is 29.5. The van der Waals surface area contributed by atoms with E-state index >= 15 is 0 Å². The maximum Gasteiger partial charge on any atom is 0.284 e. The van der Waals surface area contributed by atoms with E-state index in [1.54, 1.807) is 0 Å². The molecule has 0 spiro atoms. The molecule has 6 rings (SSSR count). The minimum absolute atomic E-state index is 0.00533. The molecule has 0 bridgehead atoms. The van der Waals surface area contributed by atoms with E-state index < -0.39 is 0 Å². The van der Waals surface area contributed by atoms with Crippen LogP contribution in [0, 0.1) is 0 Å². The van der Waals surface area contributed by atoms with Crippen molar-refractivity contribution in [2.75, 3.05) is 5.32 Å². The topological polar surface area (TPSA) is 65.8 Å². The Hall–Kier alpha value is -4.25. The Morgan fingerprint density at radius 2 is 1.79 bits per heavy atom. The van der Waals surface area contributed by atoms with Gasteiger partial charge in [0.05, 0.1) is 0 Å². The molecule has 1 aliphatic heterocycles. The van der Waals surface area contributed by atoms with Crippen LogP contribution in [0.1, 0.15) is 51.7 Å². The van der Waals surface area contributed by atoms with Gasteiger partial charge in [0.2, 0.25) is 5.69 Å². The lowest BCUT2D eigenvalue weighted by molar-refractivity contribution is -0.592. The molecular weight excluding hydrogens is 410 g/mol. The molecule has 0 aliphatic carbocycles. The summed E-state index contributed by atoms with van der Waals surface area (Å²) in [7, 11) is 0. The highest BCUT2D eigenvalue weighted by atomic mass is 16.1. The Morgan fingerprint density at radius 1 is 0.939 bits per heavy atom. The summed E-state index contributed by atoms with van der Waals surface area (Å²) in [5.74, 6) is 0.231. The van der Waals surface area contributed by atoms with E-state index in [1.165, 1.54) is 5.56 Å². The zero-order chi connectivity index (χ0) is 22.7. The predicted molar refractivity (Wildman–Crippen MR) is 129 cm³/mol. The summed E-state index contributed by atoms with van der Waals surface area (Å²) < 4.78 is 1.94. The third-order valence-corrected chi connectivity index (χ3v) is 6.40. The van der Waals surface area contributed by atoms with Crippen LogP contribution in [-0.2, 0) is 0 Å². The van der Waals surface area contributed by atoms with Crippen molar-refractivity contribution < 1.29 is 14.2 Å². The maximum absolute atomic E-state index is 13.1. The molecule has 0 fully saturated rings. The van der Waals surface area contributed by atoms with Crippen LogP contribution in [0.4, 0.5) is 5.69 Å². The van der Waals surface area contributed by atoms with Crippen molar-refractivity contribution in [2.24, 2.45) is 0 Å². The number of aromatic nitrogens is 2. The minimum atomic E-state index is -0.161. The number of hydrogen-bond acceptors (Lipinski definition) is 2. The van der Waals surface area contributed by atoms with E-state index in [4.69, 9.17) is 0 Å². The Bertz CT molecular complexity index is 1610. The van der Waals surface area contributed by atoms with E-state index in [1.807, 2.05) is 77.5 Å². The molecule has 0 atom stereocenters. The van der Waals surface area contributed by atoms with Crippen LogP contribution in [0.25, 0.3) is 27.5 Å². The summed E-state index contributed by atoms with van der Waals surface area (Å²) in [6.45, 7) is 4.26. The molecule has 2 aromatic heterocycles. The van der Waals surface area contributed by atoms with Crippen LogP contribution in [0.5, 0.6) is 0 Å². The number of benzene rings is 3. The van der Waals surface area contributed by atoms with Crippen LogP contribution >= 0.6 is 0 Å². The molecule has 160 valence electrons. The number of H-pyrrole nitrogens is 1. The van der Waals surface area contributed by atoms with Gasteiger partial charge < -0.3 is 10.3 Å². The summed E-state index contributed by atoms with van der Waals surface area (Å²) >= 11 is 0. The number of fused-ring (bicyclic) bond motifs is 7. The average molecular weight is 433 g/mol. The van der Waals surface area contributed by atoms with Crippen molar-refractivity contribution in [3.05, 3.63) is 101 Å². The van der Waals surface area contributed by atoms with Crippen LogP contribution in [0.2, 0.25) is 0 Å². The van der Waals surface area contributed by atoms with Gasteiger partial charge in [0.15, 0.2) is 6.20 Å². The first-order valence-electron chi connectivity index (χ1n) is 11.1. The largest absolute Gasteiger partial charge is 0.349 e. The van der Waals surface area contributed by atoms with Gasteiger partial charge >= 0.3 is 0 Å². The highest BCUT2D eigenvalue weighted by molar-refractivity contribution is 6.21. The van der Waals surface area contributed by atoms with Crippen LogP contribution in [0.15, 0.2) is 79.0 Å². The first kappa shape index (κ1) is 19.4. The fraction of sp³-hybridized carbons (Fsp3) is 0.107. The summed E-state index contributed by atoms with van der Waals surface area (Å²) in [5.41, 5.74) is 6.42. The Morgan fingerprint density at radius 3 is 2.64 bits per heavy atom. The van der Waals surface area contributed by atoms with Crippen LogP contribution in [0.3, 0.4) is 0 Å². The van der Waals surface area contributed by atoms with Crippen LogP contribution in [-0.4, -0.2) is 16.7 Å². The lowest BCUT2D eigenvalue weighted by Gasteiger charge is -2.09. The molecular formula is C28H22N3O2+. The minimum Gasteiger partial charge on any atom is -0.349 e. The fourth-order valence-corrected chi connectivity index (χ4v) is 4.66. The zero-order valence-electron chi connectivity index (χ0n) is 18.3. The Balaban J connectivity index is 1.42. The Labute approximate surface area is 190 Å². The first-order valence-corrected chi connectivity index (χ1v) is 11.1. The number of carbonyl (C=O) groups excluding carboxylic acids is 2. The molecule has 5 aromatic rings. The number of nitrogens with one attached hydrogen (secondary N) is 2. The molecule has 0 unspecified atom stereocenters. The number of para-hydroxylation sites is 1. The van der Waals surface area contributed by atoms with Gasteiger partial charge in [0.25, 0.3) is 17.4 Å². The van der Waals surface area contributed by atoms with Gasteiger partial charge in [-0.1, -0.05) is 38.1 Å². The quantitative estimate of drug-likeness (QED) is 0.362. The number of hydrogen-bond donors (Lipinski definition) is 2. The average Bonchev–Trinajstić information content (AvgIpc) is 3.34. The second-order valence-electron chi connectivity index (χ2n) is 8.79. The van der Waals surface area contributed by atoms with Crippen molar-refractivity contribution in [3.8, 4) is 5.69 Å². The van der Waals surface area contributed by atoms with Gasteiger partial charge in [-0.15, -0.1) is 0 Å². The number of nitrogens with zero attached hydrogens (tertiary/aromatic N) is 1. The number of rotatable bonds is 3. The number of pyridine rings is 1. The van der Waals surface area contributed by atoms with E-state index in [-0.39, 0.29) is 11.7 Å². The highest BCUT2D eigenvalue weighted by Crippen LogP contribution is 2.31. The molecule has 0 saturated carbocycles. The molecule has 3 heterocycles. The lowest BCUT2D eigenvalue weighted by Crippen LogP contribution is -2.31. The molecule has 5 nitrogen and oxygen atoms in total. The van der Waals surface area contributed by atoms with Crippen molar-refractivity contribution in [2.45, 2.75) is 19.8 Å². The maximum atomic E-state index is 13.1. The highest BCUT2D eigenvalue weighted by Gasteiger charge is 2.38. The monoisotopic (exact) mass is 432 g/mol.